The summed E-state index contributed by atoms with van der Waals surface area (Å²) in [6.07, 6.45) is 1.67. The van der Waals surface area contributed by atoms with Gasteiger partial charge in [-0.2, -0.15) is 0 Å². The lowest BCUT2D eigenvalue weighted by atomic mass is 10.2. The van der Waals surface area contributed by atoms with E-state index >= 15 is 0 Å². The molecule has 0 amide bonds. The van der Waals surface area contributed by atoms with Crippen LogP contribution in [0.15, 0.2) is 63.9 Å². The van der Waals surface area contributed by atoms with Crippen LogP contribution in [0.1, 0.15) is 12.8 Å². The molecule has 0 radical (unpaired) electrons. The van der Waals surface area contributed by atoms with Crippen molar-refractivity contribution < 1.29 is 4.42 Å². The van der Waals surface area contributed by atoms with Crippen molar-refractivity contribution in [2.24, 2.45) is 0 Å². The zero-order valence-electron chi connectivity index (χ0n) is 13.6. The Morgan fingerprint density at radius 2 is 1.72 bits per heavy atom. The van der Waals surface area contributed by atoms with Gasteiger partial charge in [0.25, 0.3) is 0 Å². The highest BCUT2D eigenvalue weighted by Crippen LogP contribution is 2.23. The Balaban J connectivity index is 1.72. The molecule has 0 aliphatic heterocycles. The molecule has 0 spiro atoms. The van der Waals surface area contributed by atoms with Gasteiger partial charge in [0.1, 0.15) is 6.54 Å². The maximum atomic E-state index is 12.7. The Hall–Kier alpha value is -2.79. The van der Waals surface area contributed by atoms with Crippen molar-refractivity contribution in [2.75, 3.05) is 0 Å². The fourth-order valence-electron chi connectivity index (χ4n) is 3.00. The van der Waals surface area contributed by atoms with Crippen molar-refractivity contribution in [3.05, 3.63) is 76.1 Å². The lowest BCUT2D eigenvalue weighted by Crippen LogP contribution is -2.24. The second-order valence-corrected chi connectivity index (χ2v) is 6.16. The van der Waals surface area contributed by atoms with E-state index in [9.17, 15) is 4.79 Å². The van der Waals surface area contributed by atoms with Crippen LogP contribution in [0.5, 0.6) is 0 Å². The van der Waals surface area contributed by atoms with Gasteiger partial charge in [0.2, 0.25) is 5.89 Å². The van der Waals surface area contributed by atoms with E-state index in [4.69, 9.17) is 16.0 Å². The number of hydrogen-bond acceptors (Lipinski definition) is 3. The van der Waals surface area contributed by atoms with Gasteiger partial charge in [0.05, 0.1) is 17.2 Å². The maximum Gasteiger partial charge on any atom is 0.329 e. The summed E-state index contributed by atoms with van der Waals surface area (Å²) in [4.78, 5) is 17.0. The van der Waals surface area contributed by atoms with Crippen LogP contribution in [0, 0.1) is 0 Å². The minimum Gasteiger partial charge on any atom is -0.439 e. The number of aryl methyl sites for hydroxylation is 1. The highest BCUT2D eigenvalue weighted by molar-refractivity contribution is 6.30. The van der Waals surface area contributed by atoms with Crippen molar-refractivity contribution in [3.8, 4) is 11.3 Å². The molecule has 0 N–H and O–H groups in total. The van der Waals surface area contributed by atoms with E-state index in [-0.39, 0.29) is 5.69 Å². The van der Waals surface area contributed by atoms with Crippen LogP contribution < -0.4 is 5.69 Å². The fourth-order valence-corrected chi connectivity index (χ4v) is 3.12. The Morgan fingerprint density at radius 3 is 2.40 bits per heavy atom. The average molecular weight is 354 g/mol. The third-order valence-electron chi connectivity index (χ3n) is 4.22. The van der Waals surface area contributed by atoms with Crippen LogP contribution in [0.25, 0.3) is 22.4 Å². The van der Waals surface area contributed by atoms with E-state index in [1.165, 1.54) is 0 Å². The van der Waals surface area contributed by atoms with Crippen LogP contribution in [0.3, 0.4) is 0 Å². The molecular weight excluding hydrogens is 338 g/mol. The number of imidazole rings is 1. The highest BCUT2D eigenvalue weighted by Gasteiger charge is 2.14. The third-order valence-corrected chi connectivity index (χ3v) is 4.47. The first kappa shape index (κ1) is 15.7. The first-order chi connectivity index (χ1) is 12.2. The molecule has 0 aliphatic rings. The van der Waals surface area contributed by atoms with Gasteiger partial charge in [-0.3, -0.25) is 9.13 Å². The van der Waals surface area contributed by atoms with Crippen molar-refractivity contribution in [3.63, 3.8) is 0 Å². The van der Waals surface area contributed by atoms with Crippen molar-refractivity contribution in [1.82, 2.24) is 14.1 Å². The molecule has 4 rings (SSSR count). The average Bonchev–Trinajstić information content (AvgIpc) is 3.19. The number of oxazole rings is 1. The predicted octanol–water partition coefficient (Wildman–Crippen LogP) is 4.18. The molecule has 2 heterocycles. The van der Waals surface area contributed by atoms with Gasteiger partial charge in [-0.25, -0.2) is 9.78 Å². The van der Waals surface area contributed by atoms with E-state index in [1.807, 2.05) is 43.3 Å². The van der Waals surface area contributed by atoms with Gasteiger partial charge < -0.3 is 4.42 Å². The monoisotopic (exact) mass is 353 g/mol. The summed E-state index contributed by atoms with van der Waals surface area (Å²) in [7, 11) is 0. The highest BCUT2D eigenvalue weighted by atomic mass is 35.5. The van der Waals surface area contributed by atoms with Gasteiger partial charge in [0.15, 0.2) is 5.76 Å². The Bertz CT molecular complexity index is 1090. The first-order valence-electron chi connectivity index (χ1n) is 8.06. The third kappa shape index (κ3) is 2.76. The number of hydrogen-bond donors (Lipinski definition) is 0. The molecule has 4 aromatic rings. The van der Waals surface area contributed by atoms with Crippen LogP contribution >= 0.6 is 11.6 Å². The van der Waals surface area contributed by atoms with Crippen molar-refractivity contribution in [1.29, 1.82) is 0 Å². The Labute approximate surface area is 149 Å². The van der Waals surface area contributed by atoms with Gasteiger partial charge in [-0.15, -0.1) is 0 Å². The van der Waals surface area contributed by atoms with Crippen LogP contribution in [-0.4, -0.2) is 14.1 Å². The minimum atomic E-state index is -0.0602. The number of rotatable bonds is 4. The lowest BCUT2D eigenvalue weighted by molar-refractivity contribution is 0.485. The molecule has 0 bridgehead atoms. The molecule has 0 fully saturated rings. The molecule has 25 heavy (non-hydrogen) atoms. The number of fused-ring (bicyclic) bond motifs is 1. The number of para-hydroxylation sites is 2. The van der Waals surface area contributed by atoms with Gasteiger partial charge in [-0.05, 0) is 43.3 Å². The Morgan fingerprint density at radius 1 is 1.04 bits per heavy atom. The van der Waals surface area contributed by atoms with Gasteiger partial charge in [-0.1, -0.05) is 23.7 Å². The van der Waals surface area contributed by atoms with E-state index < -0.39 is 0 Å². The quantitative estimate of drug-likeness (QED) is 0.553. The summed E-state index contributed by atoms with van der Waals surface area (Å²) < 4.78 is 9.28. The normalized spacial score (nSPS) is 11.3. The molecular formula is C19H16ClN3O2. The van der Waals surface area contributed by atoms with Crippen LogP contribution in [0.2, 0.25) is 5.02 Å². The van der Waals surface area contributed by atoms with Gasteiger partial charge in [0, 0.05) is 17.1 Å². The largest absolute Gasteiger partial charge is 0.439 e. The first-order valence-corrected chi connectivity index (χ1v) is 8.44. The summed E-state index contributed by atoms with van der Waals surface area (Å²) in [5.41, 5.74) is 2.63. The molecule has 0 saturated heterocycles. The molecule has 0 unspecified atom stereocenters. The van der Waals surface area contributed by atoms with Crippen molar-refractivity contribution in [2.45, 2.75) is 20.0 Å². The number of halogens is 1. The zero-order valence-corrected chi connectivity index (χ0v) is 14.4. The van der Waals surface area contributed by atoms with Crippen LogP contribution in [0.4, 0.5) is 0 Å². The topological polar surface area (TPSA) is 53.0 Å². The predicted molar refractivity (Wildman–Crippen MR) is 97.9 cm³/mol. The summed E-state index contributed by atoms with van der Waals surface area (Å²) in [6.45, 7) is 2.87. The zero-order chi connectivity index (χ0) is 17.4. The second-order valence-electron chi connectivity index (χ2n) is 5.73. The van der Waals surface area contributed by atoms with Crippen molar-refractivity contribution >= 4 is 22.6 Å². The summed E-state index contributed by atoms with van der Waals surface area (Å²) >= 11 is 5.91. The molecule has 126 valence electrons. The van der Waals surface area contributed by atoms with E-state index in [2.05, 4.69) is 4.98 Å². The standard InChI is InChI=1S/C19H16ClN3O2/c1-2-22-15-5-3-4-6-16(15)23(19(22)24)12-18-21-11-17(25-18)13-7-9-14(20)10-8-13/h3-11H,2,12H2,1H3. The number of aromatic nitrogens is 3. The molecule has 6 heteroatoms. The minimum absolute atomic E-state index is 0.0602. The summed E-state index contributed by atoms with van der Waals surface area (Å²) in [6, 6.07) is 15.1. The summed E-state index contributed by atoms with van der Waals surface area (Å²) in [5.74, 6) is 1.14. The van der Waals surface area contributed by atoms with Crippen LogP contribution in [-0.2, 0) is 13.1 Å². The summed E-state index contributed by atoms with van der Waals surface area (Å²) in [5, 5.41) is 0.669. The molecule has 2 aromatic heterocycles. The lowest BCUT2D eigenvalue weighted by Gasteiger charge is -2.00. The molecule has 0 atom stereocenters. The second kappa shape index (κ2) is 6.26. The molecule has 5 nitrogen and oxygen atoms in total. The smallest absolute Gasteiger partial charge is 0.329 e. The Kier molecular flexibility index (Phi) is 3.93. The number of benzene rings is 2. The molecule has 2 aromatic carbocycles. The van der Waals surface area contributed by atoms with E-state index in [1.54, 1.807) is 27.5 Å². The van der Waals surface area contributed by atoms with E-state index in [0.29, 0.717) is 29.8 Å². The fraction of sp³-hybridized carbons (Fsp3) is 0.158. The van der Waals surface area contributed by atoms with Gasteiger partial charge >= 0.3 is 5.69 Å². The molecule has 0 saturated carbocycles. The van der Waals surface area contributed by atoms with E-state index in [0.717, 1.165) is 16.6 Å². The number of nitrogens with zero attached hydrogens (tertiary/aromatic N) is 3. The maximum absolute atomic E-state index is 12.7. The SMILES string of the molecule is CCn1c(=O)n(Cc2ncc(-c3ccc(Cl)cc3)o2)c2ccccc21. The molecule has 0 aliphatic carbocycles.